The van der Waals surface area contributed by atoms with Gasteiger partial charge in [0, 0.05) is 11.7 Å². The average Bonchev–Trinajstić information content (AvgIpc) is 2.62. The Bertz CT molecular complexity index is 882. The van der Waals surface area contributed by atoms with Crippen molar-refractivity contribution in [3.63, 3.8) is 0 Å². The summed E-state index contributed by atoms with van der Waals surface area (Å²) in [6, 6.07) is 15.4. The molecule has 0 aliphatic rings. The van der Waals surface area contributed by atoms with E-state index >= 15 is 0 Å². The topological polar surface area (TPSA) is 87.3 Å². The summed E-state index contributed by atoms with van der Waals surface area (Å²) in [4.78, 5) is 12.2. The van der Waals surface area contributed by atoms with E-state index in [2.05, 4.69) is 15.4 Å². The van der Waals surface area contributed by atoms with Gasteiger partial charge in [-0.05, 0) is 55.4 Å². The van der Waals surface area contributed by atoms with Crippen LogP contribution in [0.4, 0.5) is 5.69 Å². The molecule has 1 unspecified atom stereocenters. The van der Waals surface area contributed by atoms with Gasteiger partial charge in [0.05, 0.1) is 11.3 Å². The molecule has 2 aromatic carbocycles. The van der Waals surface area contributed by atoms with Gasteiger partial charge >= 0.3 is 0 Å². The molecule has 0 fully saturated rings. The summed E-state index contributed by atoms with van der Waals surface area (Å²) in [6.45, 7) is 3.72. The molecule has 0 radical (unpaired) electrons. The van der Waals surface area contributed by atoms with Gasteiger partial charge in [0.25, 0.3) is 0 Å². The van der Waals surface area contributed by atoms with Crippen LogP contribution in [0, 0.1) is 0 Å². The summed E-state index contributed by atoms with van der Waals surface area (Å²) in [6.07, 6.45) is 0.928. The van der Waals surface area contributed by atoms with E-state index in [0.717, 1.165) is 5.56 Å². The van der Waals surface area contributed by atoms with Crippen molar-refractivity contribution in [3.8, 4) is 0 Å². The zero-order valence-electron chi connectivity index (χ0n) is 15.2. The van der Waals surface area contributed by atoms with Crippen LogP contribution in [0.2, 0.25) is 0 Å². The number of carbonyl (C=O) groups is 1. The standard InChI is InChI=1S/C19H23N3O3S2/c1-3-14(2)22-27(24,25)17-11-9-16(10-12-17)20-19(26)21-18(23)13-15-7-5-4-6-8-15/h4-12,14,22H,3,13H2,1-2H3,(H2,20,21,23,26). The van der Waals surface area contributed by atoms with Crippen LogP contribution in [0.15, 0.2) is 59.5 Å². The number of benzene rings is 2. The number of hydrogen-bond donors (Lipinski definition) is 3. The number of carbonyl (C=O) groups excluding carboxylic acids is 1. The van der Waals surface area contributed by atoms with Crippen molar-refractivity contribution in [3.05, 3.63) is 60.2 Å². The maximum absolute atomic E-state index is 12.2. The maximum Gasteiger partial charge on any atom is 0.240 e. The second kappa shape index (κ2) is 9.59. The van der Waals surface area contributed by atoms with E-state index in [1.165, 1.54) is 12.1 Å². The Balaban J connectivity index is 1.92. The van der Waals surface area contributed by atoms with Crippen LogP contribution in [0.3, 0.4) is 0 Å². The lowest BCUT2D eigenvalue weighted by Crippen LogP contribution is -2.35. The van der Waals surface area contributed by atoms with Gasteiger partial charge in [-0.25, -0.2) is 13.1 Å². The molecule has 0 spiro atoms. The third-order valence-corrected chi connectivity index (χ3v) is 5.66. The van der Waals surface area contributed by atoms with Gasteiger partial charge in [-0.15, -0.1) is 0 Å². The van der Waals surface area contributed by atoms with E-state index in [1.54, 1.807) is 12.1 Å². The molecule has 0 aromatic heterocycles. The van der Waals surface area contributed by atoms with Crippen molar-refractivity contribution in [1.82, 2.24) is 10.0 Å². The van der Waals surface area contributed by atoms with Gasteiger partial charge in [0.2, 0.25) is 15.9 Å². The van der Waals surface area contributed by atoms with E-state index in [1.807, 2.05) is 44.2 Å². The van der Waals surface area contributed by atoms with E-state index in [9.17, 15) is 13.2 Å². The Morgan fingerprint density at radius 1 is 1.07 bits per heavy atom. The van der Waals surface area contributed by atoms with Gasteiger partial charge in [-0.1, -0.05) is 37.3 Å². The van der Waals surface area contributed by atoms with E-state index in [-0.39, 0.29) is 28.4 Å². The normalized spacial score (nSPS) is 12.2. The average molecular weight is 406 g/mol. The number of rotatable bonds is 7. The SMILES string of the molecule is CCC(C)NS(=O)(=O)c1ccc(NC(=S)NC(=O)Cc2ccccc2)cc1. The predicted octanol–water partition coefficient (Wildman–Crippen LogP) is 2.82. The number of amides is 1. The van der Waals surface area contributed by atoms with Crippen molar-refractivity contribution in [2.24, 2.45) is 0 Å². The molecular weight excluding hydrogens is 382 g/mol. The Morgan fingerprint density at radius 2 is 1.70 bits per heavy atom. The first-order valence-corrected chi connectivity index (χ1v) is 10.5. The lowest BCUT2D eigenvalue weighted by Gasteiger charge is -2.13. The lowest BCUT2D eigenvalue weighted by atomic mass is 10.1. The third-order valence-electron chi connectivity index (χ3n) is 3.85. The summed E-state index contributed by atoms with van der Waals surface area (Å²) in [7, 11) is -3.55. The largest absolute Gasteiger partial charge is 0.332 e. The van der Waals surface area contributed by atoms with Crippen LogP contribution in [0.25, 0.3) is 0 Å². The highest BCUT2D eigenvalue weighted by Gasteiger charge is 2.16. The first kappa shape index (κ1) is 21.0. The number of thiocarbonyl (C=S) groups is 1. The maximum atomic E-state index is 12.2. The fourth-order valence-electron chi connectivity index (χ4n) is 2.25. The fraction of sp³-hybridized carbons (Fsp3) is 0.263. The van der Waals surface area contributed by atoms with Gasteiger partial charge in [0.1, 0.15) is 0 Å². The molecule has 0 heterocycles. The summed E-state index contributed by atoms with van der Waals surface area (Å²) < 4.78 is 27.1. The molecule has 0 bridgehead atoms. The highest BCUT2D eigenvalue weighted by Crippen LogP contribution is 2.14. The van der Waals surface area contributed by atoms with Crippen LogP contribution in [0.1, 0.15) is 25.8 Å². The van der Waals surface area contributed by atoms with Crippen molar-refractivity contribution in [1.29, 1.82) is 0 Å². The molecule has 0 saturated carbocycles. The number of hydrogen-bond acceptors (Lipinski definition) is 4. The highest BCUT2D eigenvalue weighted by molar-refractivity contribution is 7.89. The number of anilines is 1. The first-order valence-electron chi connectivity index (χ1n) is 8.57. The fourth-order valence-corrected chi connectivity index (χ4v) is 3.81. The molecule has 1 atom stereocenters. The van der Waals surface area contributed by atoms with E-state index in [0.29, 0.717) is 12.1 Å². The zero-order chi connectivity index (χ0) is 19.9. The second-order valence-corrected chi connectivity index (χ2v) is 8.24. The molecule has 2 aromatic rings. The molecule has 0 saturated heterocycles. The quantitative estimate of drug-likeness (QED) is 0.617. The molecule has 3 N–H and O–H groups in total. The van der Waals surface area contributed by atoms with Crippen molar-refractivity contribution in [2.75, 3.05) is 5.32 Å². The minimum Gasteiger partial charge on any atom is -0.332 e. The molecule has 27 heavy (non-hydrogen) atoms. The minimum atomic E-state index is -3.55. The Kier molecular flexibility index (Phi) is 7.46. The van der Waals surface area contributed by atoms with Crippen LogP contribution in [0.5, 0.6) is 0 Å². The molecule has 0 aliphatic heterocycles. The summed E-state index contributed by atoms with van der Waals surface area (Å²) in [5.41, 5.74) is 1.48. The van der Waals surface area contributed by atoms with Gasteiger partial charge < -0.3 is 10.6 Å². The Hall–Kier alpha value is -2.29. The zero-order valence-corrected chi connectivity index (χ0v) is 16.9. The summed E-state index contributed by atoms with van der Waals surface area (Å²) in [5, 5.41) is 5.64. The number of nitrogens with one attached hydrogen (secondary N) is 3. The molecule has 2 rings (SSSR count). The highest BCUT2D eigenvalue weighted by atomic mass is 32.2. The van der Waals surface area contributed by atoms with Crippen LogP contribution < -0.4 is 15.4 Å². The van der Waals surface area contributed by atoms with Gasteiger partial charge in [-0.2, -0.15) is 0 Å². The van der Waals surface area contributed by atoms with Crippen LogP contribution in [-0.2, 0) is 21.2 Å². The van der Waals surface area contributed by atoms with Gasteiger partial charge in [-0.3, -0.25) is 4.79 Å². The van der Waals surface area contributed by atoms with Crippen LogP contribution >= 0.6 is 12.2 Å². The minimum absolute atomic E-state index is 0.139. The lowest BCUT2D eigenvalue weighted by molar-refractivity contribution is -0.119. The molecule has 6 nitrogen and oxygen atoms in total. The van der Waals surface area contributed by atoms with E-state index in [4.69, 9.17) is 12.2 Å². The predicted molar refractivity (Wildman–Crippen MR) is 111 cm³/mol. The molecule has 0 aliphatic carbocycles. The monoisotopic (exact) mass is 405 g/mol. The molecule has 144 valence electrons. The van der Waals surface area contributed by atoms with E-state index < -0.39 is 10.0 Å². The van der Waals surface area contributed by atoms with Crippen molar-refractivity contribution >= 4 is 38.9 Å². The molecular formula is C19H23N3O3S2. The molecule has 1 amide bonds. The molecule has 8 heteroatoms. The second-order valence-electron chi connectivity index (χ2n) is 6.12. The smallest absolute Gasteiger partial charge is 0.240 e. The number of sulfonamides is 1. The van der Waals surface area contributed by atoms with Crippen LogP contribution in [-0.4, -0.2) is 25.5 Å². The van der Waals surface area contributed by atoms with Crippen molar-refractivity contribution in [2.45, 2.75) is 37.6 Å². The summed E-state index contributed by atoms with van der Waals surface area (Å²) >= 11 is 5.13. The van der Waals surface area contributed by atoms with Crippen molar-refractivity contribution < 1.29 is 13.2 Å². The first-order chi connectivity index (χ1) is 12.8. The Morgan fingerprint density at radius 3 is 2.30 bits per heavy atom. The Labute approximate surface area is 165 Å². The van der Waals surface area contributed by atoms with Gasteiger partial charge in [0.15, 0.2) is 5.11 Å². The third kappa shape index (κ3) is 6.74. The summed E-state index contributed by atoms with van der Waals surface area (Å²) in [5.74, 6) is -0.226.